The van der Waals surface area contributed by atoms with Crippen molar-refractivity contribution in [2.75, 3.05) is 26.1 Å². The molecule has 14 heavy (non-hydrogen) atoms. The van der Waals surface area contributed by atoms with Crippen LogP contribution in [0.4, 0.5) is 5.82 Å². The van der Waals surface area contributed by atoms with Gasteiger partial charge in [-0.15, -0.1) is 0 Å². The number of hydrazine groups is 1. The Balaban J connectivity index is 2.89. The molecule has 0 radical (unpaired) electrons. The number of rotatable bonds is 4. The number of nitrogens with one attached hydrogen (secondary N) is 1. The molecule has 0 atom stereocenters. The molecule has 78 valence electrons. The van der Waals surface area contributed by atoms with Crippen molar-refractivity contribution in [3.8, 4) is 5.88 Å². The van der Waals surface area contributed by atoms with E-state index < -0.39 is 0 Å². The van der Waals surface area contributed by atoms with E-state index in [0.717, 1.165) is 11.4 Å². The van der Waals surface area contributed by atoms with Crippen LogP contribution in [-0.2, 0) is 0 Å². The topological polar surface area (TPSA) is 50.3 Å². The van der Waals surface area contributed by atoms with Crippen molar-refractivity contribution in [1.29, 1.82) is 0 Å². The molecule has 0 bridgehead atoms. The van der Waals surface area contributed by atoms with E-state index in [1.807, 2.05) is 33.0 Å². The van der Waals surface area contributed by atoms with E-state index in [2.05, 4.69) is 15.4 Å². The van der Waals surface area contributed by atoms with Gasteiger partial charge in [0.2, 0.25) is 5.88 Å². The third kappa shape index (κ3) is 2.56. The molecular formula is C9H16N4O. The molecule has 1 rings (SSSR count). The number of anilines is 1. The summed E-state index contributed by atoms with van der Waals surface area (Å²) < 4.78 is 5.35. The molecule has 0 spiro atoms. The van der Waals surface area contributed by atoms with Crippen molar-refractivity contribution in [1.82, 2.24) is 15.0 Å². The second kappa shape index (κ2) is 4.76. The summed E-state index contributed by atoms with van der Waals surface area (Å²) in [6.45, 7) is 4.47. The Hall–Kier alpha value is -1.36. The molecular weight excluding hydrogens is 180 g/mol. The van der Waals surface area contributed by atoms with Gasteiger partial charge < -0.3 is 10.2 Å². The predicted molar refractivity (Wildman–Crippen MR) is 55.2 cm³/mol. The lowest BCUT2D eigenvalue weighted by Gasteiger charge is -2.15. The maximum absolute atomic E-state index is 5.35. The van der Waals surface area contributed by atoms with Crippen molar-refractivity contribution < 1.29 is 4.74 Å². The van der Waals surface area contributed by atoms with Crippen LogP contribution in [0.5, 0.6) is 5.88 Å². The minimum absolute atomic E-state index is 0.610. The van der Waals surface area contributed by atoms with E-state index in [1.54, 1.807) is 0 Å². The van der Waals surface area contributed by atoms with Gasteiger partial charge in [-0.05, 0) is 13.8 Å². The Morgan fingerprint density at radius 3 is 2.71 bits per heavy atom. The normalized spacial score (nSPS) is 10.4. The van der Waals surface area contributed by atoms with E-state index in [9.17, 15) is 0 Å². The number of nitrogens with zero attached hydrogens (tertiary/aromatic N) is 3. The fourth-order valence-electron chi connectivity index (χ4n) is 1.04. The van der Waals surface area contributed by atoms with Gasteiger partial charge in [-0.2, -0.15) is 0 Å². The van der Waals surface area contributed by atoms with Crippen LogP contribution in [0.25, 0.3) is 0 Å². The van der Waals surface area contributed by atoms with Gasteiger partial charge in [-0.25, -0.2) is 15.0 Å². The highest BCUT2D eigenvalue weighted by atomic mass is 16.5. The molecule has 0 fully saturated rings. The molecule has 0 unspecified atom stereocenters. The van der Waals surface area contributed by atoms with Crippen LogP contribution in [0.15, 0.2) is 6.33 Å². The largest absolute Gasteiger partial charge is 0.478 e. The molecule has 1 aromatic heterocycles. The summed E-state index contributed by atoms with van der Waals surface area (Å²) in [5.74, 6) is 1.40. The van der Waals surface area contributed by atoms with Gasteiger partial charge in [0.25, 0.3) is 0 Å². The SMILES string of the molecule is CCOc1ncnc(NN(C)C)c1C. The minimum Gasteiger partial charge on any atom is -0.478 e. The lowest BCUT2D eigenvalue weighted by atomic mass is 10.3. The van der Waals surface area contributed by atoms with Gasteiger partial charge in [0.05, 0.1) is 12.2 Å². The molecule has 0 aliphatic heterocycles. The average molecular weight is 196 g/mol. The summed E-state index contributed by atoms with van der Waals surface area (Å²) >= 11 is 0. The minimum atomic E-state index is 0.610. The average Bonchev–Trinajstić information content (AvgIpc) is 2.11. The highest BCUT2D eigenvalue weighted by Crippen LogP contribution is 2.19. The van der Waals surface area contributed by atoms with Gasteiger partial charge in [0, 0.05) is 14.1 Å². The first kappa shape index (κ1) is 10.7. The quantitative estimate of drug-likeness (QED) is 0.730. The van der Waals surface area contributed by atoms with Gasteiger partial charge >= 0.3 is 0 Å². The molecule has 1 N–H and O–H groups in total. The number of hydrogen-bond donors (Lipinski definition) is 1. The number of ether oxygens (including phenoxy) is 1. The van der Waals surface area contributed by atoms with Crippen LogP contribution in [0.1, 0.15) is 12.5 Å². The molecule has 1 heterocycles. The zero-order chi connectivity index (χ0) is 10.6. The van der Waals surface area contributed by atoms with E-state index >= 15 is 0 Å². The molecule has 0 amide bonds. The number of hydrogen-bond acceptors (Lipinski definition) is 5. The third-order valence-corrected chi connectivity index (χ3v) is 1.65. The molecule has 5 heteroatoms. The van der Waals surface area contributed by atoms with Crippen LogP contribution < -0.4 is 10.2 Å². The summed E-state index contributed by atoms with van der Waals surface area (Å²) in [5, 5.41) is 1.82. The van der Waals surface area contributed by atoms with Gasteiger partial charge in [0.1, 0.15) is 6.33 Å². The second-order valence-electron chi connectivity index (χ2n) is 3.09. The van der Waals surface area contributed by atoms with E-state index in [1.165, 1.54) is 6.33 Å². The van der Waals surface area contributed by atoms with Crippen LogP contribution in [-0.4, -0.2) is 35.7 Å². The summed E-state index contributed by atoms with van der Waals surface area (Å²) in [6, 6.07) is 0. The Labute approximate surface area is 84.1 Å². The standard InChI is InChI=1S/C9H16N4O/c1-5-14-9-7(2)8(10-6-11-9)12-13(3)4/h6H,5H2,1-4H3,(H,10,11,12). The molecule has 5 nitrogen and oxygen atoms in total. The van der Waals surface area contributed by atoms with Crippen molar-refractivity contribution >= 4 is 5.82 Å². The summed E-state index contributed by atoms with van der Waals surface area (Å²) in [6.07, 6.45) is 1.49. The summed E-state index contributed by atoms with van der Waals surface area (Å²) in [7, 11) is 3.81. The Morgan fingerprint density at radius 1 is 1.43 bits per heavy atom. The Kier molecular flexibility index (Phi) is 3.64. The molecule has 0 saturated heterocycles. The highest BCUT2D eigenvalue weighted by Gasteiger charge is 2.07. The smallest absolute Gasteiger partial charge is 0.221 e. The molecule has 0 aliphatic rings. The third-order valence-electron chi connectivity index (χ3n) is 1.65. The summed E-state index contributed by atoms with van der Waals surface area (Å²) in [5.41, 5.74) is 3.99. The Bertz CT molecular complexity index is 301. The Morgan fingerprint density at radius 2 is 2.14 bits per heavy atom. The number of aromatic nitrogens is 2. The van der Waals surface area contributed by atoms with E-state index in [0.29, 0.717) is 12.5 Å². The molecule has 0 aliphatic carbocycles. The van der Waals surface area contributed by atoms with Gasteiger partial charge in [-0.1, -0.05) is 0 Å². The maximum Gasteiger partial charge on any atom is 0.221 e. The first-order valence-corrected chi connectivity index (χ1v) is 4.53. The van der Waals surface area contributed by atoms with Crippen LogP contribution >= 0.6 is 0 Å². The lowest BCUT2D eigenvalue weighted by molar-refractivity contribution is 0.323. The van der Waals surface area contributed by atoms with E-state index in [4.69, 9.17) is 4.74 Å². The van der Waals surface area contributed by atoms with Crippen molar-refractivity contribution in [3.63, 3.8) is 0 Å². The highest BCUT2D eigenvalue weighted by molar-refractivity contribution is 5.46. The first-order chi connectivity index (χ1) is 6.65. The molecule has 0 saturated carbocycles. The van der Waals surface area contributed by atoms with Crippen molar-refractivity contribution in [2.45, 2.75) is 13.8 Å². The summed E-state index contributed by atoms with van der Waals surface area (Å²) in [4.78, 5) is 8.16. The predicted octanol–water partition coefficient (Wildman–Crippen LogP) is 1.07. The van der Waals surface area contributed by atoms with E-state index in [-0.39, 0.29) is 0 Å². The fourth-order valence-corrected chi connectivity index (χ4v) is 1.04. The first-order valence-electron chi connectivity index (χ1n) is 4.53. The zero-order valence-electron chi connectivity index (χ0n) is 9.03. The van der Waals surface area contributed by atoms with Crippen LogP contribution in [0.3, 0.4) is 0 Å². The maximum atomic E-state index is 5.35. The van der Waals surface area contributed by atoms with Gasteiger partial charge in [-0.3, -0.25) is 0 Å². The molecule has 1 aromatic rings. The zero-order valence-corrected chi connectivity index (χ0v) is 9.03. The lowest BCUT2D eigenvalue weighted by Crippen LogP contribution is -2.21. The van der Waals surface area contributed by atoms with Crippen LogP contribution in [0, 0.1) is 6.92 Å². The van der Waals surface area contributed by atoms with Crippen molar-refractivity contribution in [2.24, 2.45) is 0 Å². The van der Waals surface area contributed by atoms with Crippen LogP contribution in [0.2, 0.25) is 0 Å². The second-order valence-corrected chi connectivity index (χ2v) is 3.09. The van der Waals surface area contributed by atoms with Crippen molar-refractivity contribution in [3.05, 3.63) is 11.9 Å². The van der Waals surface area contributed by atoms with Gasteiger partial charge in [0.15, 0.2) is 5.82 Å². The monoisotopic (exact) mass is 196 g/mol. The molecule has 0 aromatic carbocycles. The fraction of sp³-hybridized carbons (Fsp3) is 0.556.